The number of alkyl halides is 3. The van der Waals surface area contributed by atoms with Crippen LogP contribution in [-0.4, -0.2) is 59.3 Å². The number of hydrogen-bond donors (Lipinski definition) is 2. The largest absolute Gasteiger partial charge is 0.489 e. The van der Waals surface area contributed by atoms with E-state index in [0.29, 0.717) is 25.5 Å². The van der Waals surface area contributed by atoms with Crippen molar-refractivity contribution in [2.45, 2.75) is 69.0 Å². The van der Waals surface area contributed by atoms with Crippen LogP contribution in [0, 0.1) is 17.6 Å². The Morgan fingerprint density at radius 2 is 1.88 bits per heavy atom. The van der Waals surface area contributed by atoms with Crippen LogP contribution in [-0.2, 0) is 22.3 Å². The molecule has 12 heteroatoms. The Kier molecular flexibility index (Phi) is 8.24. The van der Waals surface area contributed by atoms with Crippen molar-refractivity contribution in [2.24, 2.45) is 5.92 Å². The number of nitrogens with zero attached hydrogens (tertiary/aromatic N) is 1. The highest BCUT2D eigenvalue weighted by Gasteiger charge is 2.54. The zero-order chi connectivity index (χ0) is 29.4. The van der Waals surface area contributed by atoms with Crippen molar-refractivity contribution in [2.75, 3.05) is 19.7 Å². The molecule has 222 valence electrons. The second-order valence-electron chi connectivity index (χ2n) is 11.0. The van der Waals surface area contributed by atoms with E-state index in [4.69, 9.17) is 9.47 Å². The fourth-order valence-electron chi connectivity index (χ4n) is 5.88. The number of aromatic carboxylic acids is 1. The monoisotopic (exact) mass is 582 g/mol. The Balaban J connectivity index is 1.18. The van der Waals surface area contributed by atoms with E-state index >= 15 is 0 Å². The Labute approximate surface area is 233 Å². The molecule has 41 heavy (non-hydrogen) atoms. The third kappa shape index (κ3) is 6.64. The van der Waals surface area contributed by atoms with Gasteiger partial charge >= 0.3 is 12.1 Å². The summed E-state index contributed by atoms with van der Waals surface area (Å²) in [5.74, 6) is -3.34. The first-order chi connectivity index (χ1) is 19.4. The van der Waals surface area contributed by atoms with Crippen LogP contribution in [0.2, 0.25) is 0 Å². The molecule has 1 unspecified atom stereocenters. The van der Waals surface area contributed by atoms with E-state index in [0.717, 1.165) is 50.4 Å². The molecule has 2 heterocycles. The summed E-state index contributed by atoms with van der Waals surface area (Å²) in [5, 5.41) is 11.9. The van der Waals surface area contributed by atoms with Gasteiger partial charge in [-0.2, -0.15) is 13.2 Å². The SMILES string of the molecule is O=C(O)c1cc(OC2CCCN([C@@H]3CC[C@@](C(=O)NCc4cc(F)cc(C(F)(F)F)c4)(C4CC4)OC3)C2)ccc1F. The van der Waals surface area contributed by atoms with Crippen LogP contribution in [0.3, 0.4) is 0 Å². The van der Waals surface area contributed by atoms with E-state index in [2.05, 4.69) is 10.2 Å². The summed E-state index contributed by atoms with van der Waals surface area (Å²) in [7, 11) is 0. The van der Waals surface area contributed by atoms with Crippen molar-refractivity contribution in [1.82, 2.24) is 10.2 Å². The van der Waals surface area contributed by atoms with Gasteiger partial charge in [0.05, 0.1) is 17.7 Å². The van der Waals surface area contributed by atoms with E-state index in [1.807, 2.05) is 0 Å². The highest BCUT2D eigenvalue weighted by atomic mass is 19.4. The van der Waals surface area contributed by atoms with Crippen LogP contribution in [0.1, 0.15) is 60.0 Å². The molecule has 2 aromatic rings. The number of halogens is 5. The maximum absolute atomic E-state index is 13.8. The van der Waals surface area contributed by atoms with Gasteiger partial charge in [-0.1, -0.05) is 0 Å². The highest BCUT2D eigenvalue weighted by molar-refractivity contribution is 5.88. The smallest absolute Gasteiger partial charge is 0.416 e. The minimum atomic E-state index is -4.70. The molecule has 2 aliphatic heterocycles. The van der Waals surface area contributed by atoms with Gasteiger partial charge in [0.15, 0.2) is 0 Å². The van der Waals surface area contributed by atoms with Crippen LogP contribution >= 0.6 is 0 Å². The normalized spacial score (nSPS) is 25.5. The molecule has 7 nitrogen and oxygen atoms in total. The second-order valence-corrected chi connectivity index (χ2v) is 11.0. The average molecular weight is 583 g/mol. The molecular formula is C29H31F5N2O5. The topological polar surface area (TPSA) is 88.1 Å². The molecule has 2 N–H and O–H groups in total. The van der Waals surface area contributed by atoms with Crippen molar-refractivity contribution in [3.63, 3.8) is 0 Å². The Morgan fingerprint density at radius 3 is 2.54 bits per heavy atom. The van der Waals surface area contributed by atoms with Crippen LogP contribution < -0.4 is 10.1 Å². The number of carboxylic acid groups (broad SMARTS) is 1. The van der Waals surface area contributed by atoms with Crippen LogP contribution in [0.25, 0.3) is 0 Å². The Hall–Kier alpha value is -3.25. The molecule has 1 amide bonds. The van der Waals surface area contributed by atoms with Gasteiger partial charge in [0, 0.05) is 19.1 Å². The number of piperidine rings is 1. The van der Waals surface area contributed by atoms with Crippen molar-refractivity contribution >= 4 is 11.9 Å². The number of ether oxygens (including phenoxy) is 2. The molecule has 2 aromatic carbocycles. The van der Waals surface area contributed by atoms with Crippen molar-refractivity contribution in [3.8, 4) is 5.75 Å². The summed E-state index contributed by atoms with van der Waals surface area (Å²) in [4.78, 5) is 26.8. The number of carbonyl (C=O) groups is 2. The number of rotatable bonds is 8. The van der Waals surface area contributed by atoms with Crippen molar-refractivity contribution in [3.05, 3.63) is 64.7 Å². The van der Waals surface area contributed by atoms with E-state index in [-0.39, 0.29) is 42.5 Å². The molecule has 5 rings (SSSR count). The number of likely N-dealkylation sites (tertiary alicyclic amines) is 1. The Bertz CT molecular complexity index is 1290. The minimum Gasteiger partial charge on any atom is -0.489 e. The zero-order valence-electron chi connectivity index (χ0n) is 22.2. The fraction of sp³-hybridized carbons (Fsp3) is 0.517. The highest BCUT2D eigenvalue weighted by Crippen LogP contribution is 2.47. The van der Waals surface area contributed by atoms with E-state index in [9.17, 15) is 36.6 Å². The standard InChI is InChI=1S/C29H31F5N2O5/c30-20-11-17(10-19(12-20)29(32,33)34)14-35-27(39)28(18-3-4-18)8-7-21(16-40-28)36-9-1-2-23(15-36)41-22-5-6-25(31)24(13-22)26(37)38/h5-6,10-13,18,21,23H,1-4,7-9,14-16H2,(H,35,39)(H,37,38)/t21-,23?,28+/m1/s1. The van der Waals surface area contributed by atoms with Gasteiger partial charge in [-0.05, 0) is 92.9 Å². The lowest BCUT2D eigenvalue weighted by molar-refractivity contribution is -0.166. The maximum Gasteiger partial charge on any atom is 0.416 e. The number of carboxylic acids is 1. The maximum atomic E-state index is 13.8. The number of benzene rings is 2. The van der Waals surface area contributed by atoms with Gasteiger partial charge in [0.2, 0.25) is 0 Å². The lowest BCUT2D eigenvalue weighted by Gasteiger charge is -2.45. The third-order valence-corrected chi connectivity index (χ3v) is 8.14. The molecule has 1 aliphatic carbocycles. The minimum absolute atomic E-state index is 0.0149. The molecule has 0 aromatic heterocycles. The quantitative estimate of drug-likeness (QED) is 0.418. The first kappa shape index (κ1) is 29.2. The van der Waals surface area contributed by atoms with E-state index in [1.165, 1.54) is 12.1 Å². The number of carbonyl (C=O) groups excluding carboxylic acids is 1. The van der Waals surface area contributed by atoms with Crippen LogP contribution in [0.5, 0.6) is 5.75 Å². The van der Waals surface area contributed by atoms with Crippen molar-refractivity contribution < 1.29 is 46.1 Å². The molecule has 2 saturated heterocycles. The average Bonchev–Trinajstić information content (AvgIpc) is 3.78. The predicted molar refractivity (Wildman–Crippen MR) is 136 cm³/mol. The lowest BCUT2D eigenvalue weighted by Crippen LogP contribution is -2.58. The van der Waals surface area contributed by atoms with Crippen LogP contribution in [0.4, 0.5) is 22.0 Å². The molecule has 3 aliphatic rings. The molecule has 3 atom stereocenters. The van der Waals surface area contributed by atoms with Gasteiger partial charge < -0.3 is 19.9 Å². The van der Waals surface area contributed by atoms with E-state index in [1.54, 1.807) is 0 Å². The summed E-state index contributed by atoms with van der Waals surface area (Å²) in [6.07, 6.45) is -0.637. The summed E-state index contributed by atoms with van der Waals surface area (Å²) < 4.78 is 79.0. The van der Waals surface area contributed by atoms with Gasteiger partial charge in [-0.15, -0.1) is 0 Å². The molecule has 0 bridgehead atoms. The van der Waals surface area contributed by atoms with Crippen LogP contribution in [0.15, 0.2) is 36.4 Å². The lowest BCUT2D eigenvalue weighted by atomic mass is 9.85. The molecular weight excluding hydrogens is 551 g/mol. The second kappa shape index (κ2) is 11.6. The van der Waals surface area contributed by atoms with Crippen molar-refractivity contribution in [1.29, 1.82) is 0 Å². The molecule has 1 saturated carbocycles. The van der Waals surface area contributed by atoms with E-state index < -0.39 is 46.4 Å². The number of amides is 1. The summed E-state index contributed by atoms with van der Waals surface area (Å²) in [6.45, 7) is 1.38. The molecule has 0 radical (unpaired) electrons. The zero-order valence-corrected chi connectivity index (χ0v) is 22.2. The number of nitrogens with one attached hydrogen (secondary N) is 1. The van der Waals surface area contributed by atoms with Gasteiger partial charge in [-0.25, -0.2) is 13.6 Å². The molecule has 3 fully saturated rings. The summed E-state index contributed by atoms with van der Waals surface area (Å²) >= 11 is 0. The Morgan fingerprint density at radius 1 is 1.10 bits per heavy atom. The van der Waals surface area contributed by atoms with Gasteiger partial charge in [0.25, 0.3) is 5.91 Å². The summed E-state index contributed by atoms with van der Waals surface area (Å²) in [6, 6.07) is 5.89. The first-order valence-corrected chi connectivity index (χ1v) is 13.7. The molecule has 0 spiro atoms. The fourth-order valence-corrected chi connectivity index (χ4v) is 5.88. The third-order valence-electron chi connectivity index (χ3n) is 8.14. The first-order valence-electron chi connectivity index (χ1n) is 13.7. The number of hydrogen-bond acceptors (Lipinski definition) is 5. The van der Waals surface area contributed by atoms with Gasteiger partial charge in [-0.3, -0.25) is 9.69 Å². The predicted octanol–water partition coefficient (Wildman–Crippen LogP) is 5.17. The van der Waals surface area contributed by atoms with Gasteiger partial charge in [0.1, 0.15) is 29.1 Å². The summed E-state index contributed by atoms with van der Waals surface area (Å²) in [5.41, 5.74) is -2.63.